The largest absolute Gasteiger partial charge is 0.490 e. The van der Waals surface area contributed by atoms with E-state index in [9.17, 15) is 13.2 Å². The van der Waals surface area contributed by atoms with E-state index in [2.05, 4.69) is 17.0 Å². The summed E-state index contributed by atoms with van der Waals surface area (Å²) in [6.45, 7) is 7.82. The normalized spacial score (nSPS) is 27.1. The summed E-state index contributed by atoms with van der Waals surface area (Å²) in [5.41, 5.74) is 0.188. The fraction of sp³-hybridized carbons (Fsp3) is 0.762. The van der Waals surface area contributed by atoms with Crippen LogP contribution in [0.15, 0.2) is 16.5 Å². The van der Waals surface area contributed by atoms with Gasteiger partial charge in [0.25, 0.3) is 0 Å². The van der Waals surface area contributed by atoms with Gasteiger partial charge in [0.2, 0.25) is 0 Å². The molecule has 2 saturated heterocycles. The second-order valence-corrected chi connectivity index (χ2v) is 8.60. The minimum atomic E-state index is -5.08. The first-order valence-corrected chi connectivity index (χ1v) is 10.4. The number of likely N-dealkylation sites (tertiary alicyclic amines) is 1. The molecule has 0 amide bonds. The standard InChI is InChI=1S/C19H29NO3.C2HF3O2/c1-15-3-6-17(23-15)11-20-9-7-18-19(13-20,8-2-10-22-18)14-21-12-16-4-5-16;3-2(4,5)1(6)7/h3,6,16,18H,2,4-5,7-14H2,1H3;(H,6,7). The number of piperidine rings is 1. The van der Waals surface area contributed by atoms with Gasteiger partial charge in [-0.2, -0.15) is 13.2 Å². The van der Waals surface area contributed by atoms with Crippen molar-refractivity contribution in [3.63, 3.8) is 0 Å². The van der Waals surface area contributed by atoms with E-state index < -0.39 is 12.1 Å². The summed E-state index contributed by atoms with van der Waals surface area (Å²) < 4.78 is 49.8. The maximum atomic E-state index is 10.6. The lowest BCUT2D eigenvalue weighted by Gasteiger charge is -2.50. The van der Waals surface area contributed by atoms with Crippen molar-refractivity contribution in [3.8, 4) is 0 Å². The fourth-order valence-corrected chi connectivity index (χ4v) is 4.23. The molecule has 1 saturated carbocycles. The maximum absolute atomic E-state index is 10.6. The Morgan fingerprint density at radius 2 is 2.07 bits per heavy atom. The zero-order chi connectivity index (χ0) is 21.8. The third kappa shape index (κ3) is 6.46. The molecule has 0 radical (unpaired) electrons. The van der Waals surface area contributed by atoms with Crippen LogP contribution >= 0.6 is 0 Å². The van der Waals surface area contributed by atoms with Crippen LogP contribution in [-0.2, 0) is 20.8 Å². The van der Waals surface area contributed by atoms with Crippen molar-refractivity contribution in [2.75, 3.05) is 32.9 Å². The van der Waals surface area contributed by atoms with Crippen molar-refractivity contribution < 1.29 is 37.0 Å². The Labute approximate surface area is 174 Å². The Bertz CT molecular complexity index is 703. The molecular formula is C21H30F3NO5. The zero-order valence-electron chi connectivity index (χ0n) is 17.2. The molecule has 1 aromatic heterocycles. The molecule has 3 aliphatic rings. The van der Waals surface area contributed by atoms with E-state index in [-0.39, 0.29) is 5.41 Å². The second kappa shape index (κ2) is 9.70. The number of furan rings is 1. The molecule has 0 bridgehead atoms. The minimum absolute atomic E-state index is 0.188. The van der Waals surface area contributed by atoms with E-state index in [0.29, 0.717) is 6.10 Å². The van der Waals surface area contributed by atoms with Crippen LogP contribution in [0, 0.1) is 18.3 Å². The molecule has 1 N–H and O–H groups in total. The number of nitrogens with zero attached hydrogens (tertiary/aromatic N) is 1. The average Bonchev–Trinajstić information content (AvgIpc) is 3.41. The molecule has 2 unspecified atom stereocenters. The monoisotopic (exact) mass is 433 g/mol. The molecule has 0 aromatic carbocycles. The number of carbonyl (C=O) groups is 1. The predicted molar refractivity (Wildman–Crippen MR) is 102 cm³/mol. The number of fused-ring (bicyclic) bond motifs is 1. The SMILES string of the molecule is Cc1ccc(CN2CCC3OCCCC3(COCC3CC3)C2)o1.O=C(O)C(F)(F)F. The van der Waals surface area contributed by atoms with Crippen LogP contribution in [0.1, 0.15) is 43.6 Å². The minimum Gasteiger partial charge on any atom is -0.475 e. The van der Waals surface area contributed by atoms with Gasteiger partial charge in [-0.3, -0.25) is 4.90 Å². The van der Waals surface area contributed by atoms with Gasteiger partial charge in [-0.1, -0.05) is 0 Å². The summed E-state index contributed by atoms with van der Waals surface area (Å²) in [6.07, 6.45) is 1.53. The van der Waals surface area contributed by atoms with Crippen molar-refractivity contribution >= 4 is 5.97 Å². The highest BCUT2D eigenvalue weighted by Gasteiger charge is 2.46. The molecule has 2 aliphatic heterocycles. The molecule has 170 valence electrons. The van der Waals surface area contributed by atoms with Gasteiger partial charge in [0.15, 0.2) is 0 Å². The number of carboxylic acid groups (broad SMARTS) is 1. The number of carboxylic acids is 1. The van der Waals surface area contributed by atoms with Gasteiger partial charge in [-0.05, 0) is 57.1 Å². The van der Waals surface area contributed by atoms with Gasteiger partial charge in [-0.25, -0.2) is 4.79 Å². The lowest BCUT2D eigenvalue weighted by Crippen LogP contribution is -2.56. The maximum Gasteiger partial charge on any atom is 0.490 e. The van der Waals surface area contributed by atoms with Crippen LogP contribution in [0.25, 0.3) is 0 Å². The molecular weight excluding hydrogens is 403 g/mol. The number of rotatable bonds is 6. The van der Waals surface area contributed by atoms with Gasteiger partial charge in [0, 0.05) is 31.7 Å². The molecule has 0 spiro atoms. The Balaban J connectivity index is 0.000000318. The summed E-state index contributed by atoms with van der Waals surface area (Å²) in [5, 5.41) is 7.12. The molecule has 3 heterocycles. The second-order valence-electron chi connectivity index (χ2n) is 8.60. The number of ether oxygens (including phenoxy) is 2. The number of alkyl halides is 3. The van der Waals surface area contributed by atoms with E-state index in [4.69, 9.17) is 23.8 Å². The Hall–Kier alpha value is -1.58. The third-order valence-corrected chi connectivity index (χ3v) is 5.93. The number of halogens is 3. The highest BCUT2D eigenvalue weighted by molar-refractivity contribution is 5.73. The number of aliphatic carboxylic acids is 1. The Morgan fingerprint density at radius 3 is 2.67 bits per heavy atom. The third-order valence-electron chi connectivity index (χ3n) is 5.93. The van der Waals surface area contributed by atoms with E-state index in [1.807, 2.05) is 6.92 Å². The summed E-state index contributed by atoms with van der Waals surface area (Å²) >= 11 is 0. The van der Waals surface area contributed by atoms with Crippen LogP contribution in [0.2, 0.25) is 0 Å². The predicted octanol–water partition coefficient (Wildman–Crippen LogP) is 4.02. The van der Waals surface area contributed by atoms with Crippen LogP contribution < -0.4 is 0 Å². The van der Waals surface area contributed by atoms with Gasteiger partial charge < -0.3 is 19.0 Å². The van der Waals surface area contributed by atoms with Crippen LogP contribution in [0.3, 0.4) is 0 Å². The smallest absolute Gasteiger partial charge is 0.475 e. The van der Waals surface area contributed by atoms with Crippen LogP contribution in [0.5, 0.6) is 0 Å². The number of aryl methyl sites for hydroxylation is 1. The average molecular weight is 433 g/mol. The lowest BCUT2D eigenvalue weighted by molar-refractivity contribution is -0.192. The van der Waals surface area contributed by atoms with Crippen molar-refractivity contribution in [2.45, 2.75) is 57.9 Å². The molecule has 6 nitrogen and oxygen atoms in total. The van der Waals surface area contributed by atoms with Gasteiger partial charge in [-0.15, -0.1) is 0 Å². The first-order valence-electron chi connectivity index (χ1n) is 10.4. The van der Waals surface area contributed by atoms with Crippen molar-refractivity contribution in [1.29, 1.82) is 0 Å². The summed E-state index contributed by atoms with van der Waals surface area (Å²) in [7, 11) is 0. The van der Waals surface area contributed by atoms with Crippen molar-refractivity contribution in [3.05, 3.63) is 23.7 Å². The van der Waals surface area contributed by atoms with Gasteiger partial charge in [0.1, 0.15) is 11.5 Å². The van der Waals surface area contributed by atoms with E-state index in [0.717, 1.165) is 69.7 Å². The highest BCUT2D eigenvalue weighted by Crippen LogP contribution is 2.41. The number of hydrogen-bond acceptors (Lipinski definition) is 5. The quantitative estimate of drug-likeness (QED) is 0.731. The summed E-state index contributed by atoms with van der Waals surface area (Å²) in [4.78, 5) is 11.4. The molecule has 2 atom stereocenters. The van der Waals surface area contributed by atoms with E-state index in [1.165, 1.54) is 19.3 Å². The highest BCUT2D eigenvalue weighted by atomic mass is 19.4. The molecule has 30 heavy (non-hydrogen) atoms. The molecule has 4 rings (SSSR count). The Kier molecular flexibility index (Phi) is 7.47. The van der Waals surface area contributed by atoms with Crippen molar-refractivity contribution in [2.24, 2.45) is 11.3 Å². The van der Waals surface area contributed by atoms with Gasteiger partial charge in [0.05, 0.1) is 19.3 Å². The van der Waals surface area contributed by atoms with Crippen LogP contribution in [0.4, 0.5) is 13.2 Å². The van der Waals surface area contributed by atoms with Crippen LogP contribution in [-0.4, -0.2) is 61.2 Å². The summed E-state index contributed by atoms with van der Waals surface area (Å²) in [6, 6.07) is 4.16. The fourth-order valence-electron chi connectivity index (χ4n) is 4.23. The van der Waals surface area contributed by atoms with Gasteiger partial charge >= 0.3 is 12.1 Å². The summed E-state index contributed by atoms with van der Waals surface area (Å²) in [5.74, 6) is 0.151. The molecule has 3 fully saturated rings. The van der Waals surface area contributed by atoms with E-state index >= 15 is 0 Å². The Morgan fingerprint density at radius 1 is 1.33 bits per heavy atom. The first kappa shape index (κ1) is 23.1. The molecule has 9 heteroatoms. The molecule has 1 aromatic rings. The molecule has 1 aliphatic carbocycles. The first-order chi connectivity index (χ1) is 14.2. The van der Waals surface area contributed by atoms with E-state index in [1.54, 1.807) is 0 Å². The topological polar surface area (TPSA) is 72.1 Å². The van der Waals surface area contributed by atoms with Crippen molar-refractivity contribution in [1.82, 2.24) is 4.90 Å². The lowest BCUT2D eigenvalue weighted by atomic mass is 9.73. The number of hydrogen-bond donors (Lipinski definition) is 1. The zero-order valence-corrected chi connectivity index (χ0v) is 17.2.